The molecule has 8 unspecified atom stereocenters. The molecule has 0 amide bonds. The summed E-state index contributed by atoms with van der Waals surface area (Å²) in [5.41, 5.74) is 39.3. The highest BCUT2D eigenvalue weighted by atomic mass is 33.1. The summed E-state index contributed by atoms with van der Waals surface area (Å²) in [6.07, 6.45) is -1.74. The molecule has 0 aromatic heterocycles. The smallest absolute Gasteiger partial charge is 0.323 e. The van der Waals surface area contributed by atoms with Crippen LogP contribution in [0.4, 0.5) is 0 Å². The summed E-state index contributed by atoms with van der Waals surface area (Å²) >= 11 is 0. The van der Waals surface area contributed by atoms with E-state index < -0.39 is 121 Å². The number of nitrogens with two attached hydrogens (primary N) is 8. The van der Waals surface area contributed by atoms with Crippen molar-refractivity contribution >= 4 is 81.3 Å². The number of aliphatic hydroxyl groups is 2. The molecule has 0 spiro atoms. The Balaban J connectivity index is -0.000000110. The van der Waals surface area contributed by atoms with Crippen LogP contribution < -0.4 is 45.9 Å². The molecule has 0 saturated carbocycles. The number of hydrogen-bond acceptors (Lipinski definition) is 22. The third kappa shape index (κ3) is 62.4. The van der Waals surface area contributed by atoms with E-state index in [4.69, 9.17) is 101 Å². The fraction of sp³-hybridized carbons (Fsp3) is 0.630. The van der Waals surface area contributed by atoms with E-state index in [0.29, 0.717) is 0 Å². The molecule has 0 bridgehead atoms. The molecule has 0 aromatic carbocycles. The predicted molar refractivity (Wildman–Crippen MR) is 204 cm³/mol. The Hall–Kier alpha value is -5.00. The second-order valence-corrected chi connectivity index (χ2v) is 12.9. The quantitative estimate of drug-likeness (QED) is 0.0399. The molecule has 0 saturated heterocycles. The van der Waals surface area contributed by atoms with Crippen LogP contribution in [0, 0.1) is 0 Å². The van der Waals surface area contributed by atoms with Crippen LogP contribution in [-0.4, -0.2) is 194 Å². The zero-order valence-electron chi connectivity index (χ0n) is 31.5. The maximum atomic E-state index is 10.3. The third-order valence-electron chi connectivity index (χ3n) is 4.79. The molecule has 0 heterocycles. The van der Waals surface area contributed by atoms with Crippen LogP contribution >= 0.6 is 21.6 Å². The van der Waals surface area contributed by atoms with Gasteiger partial charge in [0, 0.05) is 17.9 Å². The predicted octanol–water partition coefficient (Wildman–Crippen LogP) is -7.05. The number of aliphatic hydroxyl groups excluding tert-OH is 2. The molecule has 59 heavy (non-hydrogen) atoms. The fourth-order valence-electron chi connectivity index (χ4n) is 1.35. The van der Waals surface area contributed by atoms with Crippen molar-refractivity contribution in [2.75, 3.05) is 24.7 Å². The molecule has 32 heteroatoms. The molecular weight excluding hydrogens is 852 g/mol. The van der Waals surface area contributed by atoms with Crippen molar-refractivity contribution in [3.05, 3.63) is 0 Å². The van der Waals surface area contributed by atoms with Crippen molar-refractivity contribution in [3.8, 4) is 0 Å². The monoisotopic (exact) mass is 908 g/mol. The van der Waals surface area contributed by atoms with Crippen LogP contribution in [0.3, 0.4) is 0 Å². The summed E-state index contributed by atoms with van der Waals surface area (Å²) in [5.74, 6) is -10.7. The van der Waals surface area contributed by atoms with Crippen molar-refractivity contribution in [2.45, 2.75) is 81.5 Å². The second kappa shape index (κ2) is 42.6. The molecule has 0 aliphatic carbocycles. The SMILES string of the molecule is CC(N)C(=O)O.CC(O)C(N)C(=O)O.NC(CC(=O)O)C(=O)O.NC(CCC(=O)O)C(=O)O.NC(CO)C(=O)O.NC(CSSCC(N)C(=O)O)C(=O)O.NCC(=O)O. The first-order chi connectivity index (χ1) is 26.7. The Bertz CT molecular complexity index is 1240. The highest BCUT2D eigenvalue weighted by Gasteiger charge is 2.17. The fourth-order valence-corrected chi connectivity index (χ4v) is 3.58. The van der Waals surface area contributed by atoms with Gasteiger partial charge in [-0.1, -0.05) is 21.6 Å². The Kier molecular flexibility index (Phi) is 49.6. The highest BCUT2D eigenvalue weighted by molar-refractivity contribution is 8.76. The van der Waals surface area contributed by atoms with Gasteiger partial charge in [-0.3, -0.25) is 47.9 Å². The molecule has 0 radical (unpaired) electrons. The normalized spacial score (nSPS) is 13.5. The highest BCUT2D eigenvalue weighted by Crippen LogP contribution is 2.22. The largest absolute Gasteiger partial charge is 0.481 e. The van der Waals surface area contributed by atoms with Crippen LogP contribution in [0.5, 0.6) is 0 Å². The minimum absolute atomic E-state index is 0.0231. The minimum atomic E-state index is -1.29. The van der Waals surface area contributed by atoms with Gasteiger partial charge >= 0.3 is 59.7 Å². The van der Waals surface area contributed by atoms with E-state index in [1.807, 2.05) is 0 Å². The van der Waals surface area contributed by atoms with Gasteiger partial charge in [-0.15, -0.1) is 0 Å². The molecule has 0 aliphatic rings. The van der Waals surface area contributed by atoms with Crippen molar-refractivity contribution in [1.29, 1.82) is 0 Å². The molecule has 30 nitrogen and oxygen atoms in total. The van der Waals surface area contributed by atoms with Crippen LogP contribution in [0.2, 0.25) is 0 Å². The number of aliphatic carboxylic acids is 10. The van der Waals surface area contributed by atoms with Gasteiger partial charge in [-0.25, -0.2) is 0 Å². The lowest BCUT2D eigenvalue weighted by Crippen LogP contribution is -2.39. The lowest BCUT2D eigenvalue weighted by Gasteiger charge is -2.07. The van der Waals surface area contributed by atoms with Gasteiger partial charge in [0.1, 0.15) is 42.3 Å². The summed E-state index contributed by atoms with van der Waals surface area (Å²) in [6.45, 7) is 1.97. The summed E-state index contributed by atoms with van der Waals surface area (Å²) < 4.78 is 0. The summed E-state index contributed by atoms with van der Waals surface area (Å²) in [5, 5.41) is 97.0. The average molecular weight is 909 g/mol. The molecule has 28 N–H and O–H groups in total. The summed E-state index contributed by atoms with van der Waals surface area (Å²) in [6, 6.07) is -7.21. The number of carboxylic acid groups (broad SMARTS) is 10. The zero-order valence-corrected chi connectivity index (χ0v) is 33.1. The van der Waals surface area contributed by atoms with Crippen molar-refractivity contribution in [3.63, 3.8) is 0 Å². The van der Waals surface area contributed by atoms with Crippen molar-refractivity contribution < 1.29 is 109 Å². The Morgan fingerprint density at radius 3 is 0.898 bits per heavy atom. The van der Waals surface area contributed by atoms with Crippen molar-refractivity contribution in [1.82, 2.24) is 0 Å². The van der Waals surface area contributed by atoms with E-state index in [1.165, 1.54) is 35.4 Å². The Morgan fingerprint density at radius 1 is 0.475 bits per heavy atom. The first kappa shape index (κ1) is 68.7. The summed E-state index contributed by atoms with van der Waals surface area (Å²) in [7, 11) is 2.41. The topological polar surface area (TPSA) is 622 Å². The molecule has 8 atom stereocenters. The van der Waals surface area contributed by atoms with Crippen LogP contribution in [0.25, 0.3) is 0 Å². The van der Waals surface area contributed by atoms with E-state index in [0.717, 1.165) is 0 Å². The van der Waals surface area contributed by atoms with Crippen LogP contribution in [-0.2, 0) is 47.9 Å². The van der Waals surface area contributed by atoms with E-state index in [1.54, 1.807) is 0 Å². The molecule has 0 rings (SSSR count). The lowest BCUT2D eigenvalue weighted by atomic mass is 10.2. The Labute approximate surface area is 342 Å². The van der Waals surface area contributed by atoms with Gasteiger partial charge in [0.25, 0.3) is 0 Å². The number of carbonyl (C=O) groups is 10. The third-order valence-corrected chi connectivity index (χ3v) is 7.27. The van der Waals surface area contributed by atoms with Crippen LogP contribution in [0.1, 0.15) is 33.1 Å². The van der Waals surface area contributed by atoms with E-state index in [-0.39, 0.29) is 30.9 Å². The van der Waals surface area contributed by atoms with Gasteiger partial charge in [0.05, 0.1) is 25.7 Å². The van der Waals surface area contributed by atoms with E-state index >= 15 is 0 Å². The van der Waals surface area contributed by atoms with Gasteiger partial charge in [-0.2, -0.15) is 0 Å². The lowest BCUT2D eigenvalue weighted by molar-refractivity contribution is -0.144. The minimum Gasteiger partial charge on any atom is -0.481 e. The standard InChI is InChI=1S/C6H12N2O4S2.C5H9NO4.C4H7NO4.C4H9NO3.C3H7NO3.C3H7NO2.C2H5NO2/c7-3(5(9)10)1-13-14-2-4(8)6(11)12;6-3(5(9)10)1-2-4(7)8;5-2(4(8)9)1-3(6)7;1-2(6)3(5)4(7)8;4-2(1-5)3(6)7;1-2(4)3(5)6;3-1-2(4)5/h3-4H,1-2,7-8H2,(H,9,10)(H,11,12);3H,1-2,6H2,(H,7,8)(H,9,10);2H,1,5H2,(H,6,7)(H,8,9);2-3,6H,5H2,1H3,(H,7,8);2,5H,1,4H2,(H,6,7);2H,4H2,1H3,(H,5,6);1,3H2,(H,4,5). The van der Waals surface area contributed by atoms with E-state index in [2.05, 4.69) is 5.73 Å². The van der Waals surface area contributed by atoms with Gasteiger partial charge in [0.15, 0.2) is 0 Å². The first-order valence-corrected chi connectivity index (χ1v) is 17.9. The first-order valence-electron chi connectivity index (χ1n) is 15.4. The maximum absolute atomic E-state index is 10.3. The average Bonchev–Trinajstić information content (AvgIpc) is 3.12. The number of carboxylic acids is 10. The second-order valence-electron chi connectivity index (χ2n) is 10.3. The van der Waals surface area contributed by atoms with Crippen molar-refractivity contribution in [2.24, 2.45) is 45.9 Å². The molecule has 0 aliphatic heterocycles. The maximum Gasteiger partial charge on any atom is 0.323 e. The molecule has 0 fully saturated rings. The Morgan fingerprint density at radius 2 is 0.780 bits per heavy atom. The zero-order chi connectivity index (χ0) is 48.8. The number of rotatable bonds is 20. The molecular formula is C27H56N8O22S2. The number of hydrogen-bond donors (Lipinski definition) is 20. The summed E-state index contributed by atoms with van der Waals surface area (Å²) in [4.78, 5) is 98.3. The van der Waals surface area contributed by atoms with Gasteiger partial charge in [0.2, 0.25) is 0 Å². The van der Waals surface area contributed by atoms with Gasteiger partial charge in [-0.05, 0) is 20.3 Å². The van der Waals surface area contributed by atoms with Crippen LogP contribution in [0.15, 0.2) is 0 Å². The van der Waals surface area contributed by atoms with Gasteiger partial charge < -0.3 is 107 Å². The van der Waals surface area contributed by atoms with E-state index in [9.17, 15) is 47.9 Å². The molecule has 0 aromatic rings. The molecule has 348 valence electrons.